The number of nitrogens with one attached hydrogen (secondary N) is 1. The van der Waals surface area contributed by atoms with Gasteiger partial charge < -0.3 is 5.32 Å². The van der Waals surface area contributed by atoms with Crippen LogP contribution in [0.15, 0.2) is 17.0 Å². The molecular formula is C10H11F2NO3S. The Morgan fingerprint density at radius 3 is 2.35 bits per heavy atom. The van der Waals surface area contributed by atoms with Gasteiger partial charge in [-0.25, -0.2) is 17.2 Å². The number of Topliss-reactive ketones (excluding diaryl/α,β-unsaturated/α-hetero) is 1. The quantitative estimate of drug-likeness (QED) is 0.815. The summed E-state index contributed by atoms with van der Waals surface area (Å²) in [6.07, 6.45) is 0.764. The lowest BCUT2D eigenvalue weighted by Crippen LogP contribution is -2.20. The molecule has 4 nitrogen and oxygen atoms in total. The van der Waals surface area contributed by atoms with E-state index in [9.17, 15) is 22.0 Å². The molecule has 1 N–H and O–H groups in total. The Balaban J connectivity index is 3.33. The minimum atomic E-state index is -3.85. The van der Waals surface area contributed by atoms with E-state index in [2.05, 4.69) is 5.32 Å². The number of benzene rings is 1. The van der Waals surface area contributed by atoms with Crippen LogP contribution >= 0.6 is 0 Å². The summed E-state index contributed by atoms with van der Waals surface area (Å²) < 4.78 is 49.1. The normalized spacial score (nSPS) is 11.5. The van der Waals surface area contributed by atoms with Gasteiger partial charge >= 0.3 is 0 Å². The number of hydrogen-bond donors (Lipinski definition) is 1. The lowest BCUT2D eigenvalue weighted by atomic mass is 10.1. The molecule has 0 aliphatic rings. The summed E-state index contributed by atoms with van der Waals surface area (Å²) in [6, 6.07) is 1.12. The number of halogens is 2. The molecule has 0 amide bonds. The van der Waals surface area contributed by atoms with Gasteiger partial charge in [0.25, 0.3) is 0 Å². The number of ketones is 1. The van der Waals surface area contributed by atoms with Crippen molar-refractivity contribution in [2.75, 3.05) is 19.8 Å². The number of sulfone groups is 1. The smallest absolute Gasteiger partial charge is 0.179 e. The molecule has 1 aromatic rings. The Bertz CT molecular complexity index is 555. The molecule has 17 heavy (non-hydrogen) atoms. The van der Waals surface area contributed by atoms with E-state index in [4.69, 9.17) is 0 Å². The Hall–Kier alpha value is -1.34. The predicted octanol–water partition coefficient (Wildman–Crippen LogP) is 0.770. The third kappa shape index (κ3) is 3.07. The molecule has 0 heterocycles. The van der Waals surface area contributed by atoms with Crippen molar-refractivity contribution in [2.24, 2.45) is 0 Å². The molecule has 0 aromatic heterocycles. The zero-order chi connectivity index (χ0) is 13.2. The van der Waals surface area contributed by atoms with Crippen molar-refractivity contribution in [3.63, 3.8) is 0 Å². The summed E-state index contributed by atoms with van der Waals surface area (Å²) in [5.41, 5.74) is -0.468. The number of carbonyl (C=O) groups is 1. The second-order valence-corrected chi connectivity index (χ2v) is 5.47. The van der Waals surface area contributed by atoms with Gasteiger partial charge in [-0.05, 0) is 19.2 Å². The van der Waals surface area contributed by atoms with Crippen LogP contribution in [0.4, 0.5) is 8.78 Å². The van der Waals surface area contributed by atoms with Gasteiger partial charge in [-0.15, -0.1) is 0 Å². The molecule has 0 bridgehead atoms. The zero-order valence-corrected chi connectivity index (χ0v) is 10.1. The van der Waals surface area contributed by atoms with Crippen LogP contribution in [0.2, 0.25) is 0 Å². The van der Waals surface area contributed by atoms with Gasteiger partial charge in [0.15, 0.2) is 15.6 Å². The van der Waals surface area contributed by atoms with Crippen molar-refractivity contribution in [2.45, 2.75) is 4.90 Å². The molecule has 0 saturated carbocycles. The maximum absolute atomic E-state index is 13.5. The molecule has 0 saturated heterocycles. The highest BCUT2D eigenvalue weighted by atomic mass is 32.2. The van der Waals surface area contributed by atoms with E-state index >= 15 is 0 Å². The molecule has 0 radical (unpaired) electrons. The Morgan fingerprint density at radius 1 is 1.29 bits per heavy atom. The monoisotopic (exact) mass is 263 g/mol. The molecule has 0 aliphatic heterocycles. The summed E-state index contributed by atoms with van der Waals surface area (Å²) in [5, 5.41) is 2.50. The number of rotatable bonds is 4. The lowest BCUT2D eigenvalue weighted by molar-refractivity contribution is 0.0989. The van der Waals surface area contributed by atoms with Gasteiger partial charge in [-0.3, -0.25) is 4.79 Å². The summed E-state index contributed by atoms with van der Waals surface area (Å²) in [4.78, 5) is 10.6. The van der Waals surface area contributed by atoms with Crippen molar-refractivity contribution in [1.82, 2.24) is 5.32 Å². The fraction of sp³-hybridized carbons (Fsp3) is 0.300. The first-order valence-electron chi connectivity index (χ1n) is 4.64. The predicted molar refractivity (Wildman–Crippen MR) is 57.7 cm³/mol. The molecule has 1 rings (SSSR count). The van der Waals surface area contributed by atoms with Crippen LogP contribution in [-0.2, 0) is 9.84 Å². The first-order valence-corrected chi connectivity index (χ1v) is 6.53. The maximum Gasteiger partial charge on any atom is 0.179 e. The number of carbonyl (C=O) groups excluding carboxylic acids is 1. The Kier molecular flexibility index (Phi) is 3.94. The van der Waals surface area contributed by atoms with Crippen LogP contribution < -0.4 is 5.32 Å². The third-order valence-electron chi connectivity index (χ3n) is 2.06. The zero-order valence-electron chi connectivity index (χ0n) is 9.25. The molecular weight excluding hydrogens is 252 g/mol. The minimum absolute atomic E-state index is 0.158. The lowest BCUT2D eigenvalue weighted by Gasteiger charge is -2.06. The average Bonchev–Trinajstić information content (AvgIpc) is 2.19. The van der Waals surface area contributed by atoms with Crippen LogP contribution in [0.1, 0.15) is 10.4 Å². The molecule has 0 unspecified atom stereocenters. The van der Waals surface area contributed by atoms with Crippen LogP contribution in [0.5, 0.6) is 0 Å². The van der Waals surface area contributed by atoms with E-state index < -0.39 is 37.7 Å². The van der Waals surface area contributed by atoms with Crippen molar-refractivity contribution in [3.05, 3.63) is 29.3 Å². The summed E-state index contributed by atoms with van der Waals surface area (Å²) >= 11 is 0. The Labute approximate surface area is 97.6 Å². The first-order chi connectivity index (χ1) is 7.77. The van der Waals surface area contributed by atoms with Crippen LogP contribution in [0.25, 0.3) is 0 Å². The van der Waals surface area contributed by atoms with Gasteiger partial charge in [0.2, 0.25) is 0 Å². The second kappa shape index (κ2) is 4.89. The summed E-state index contributed by atoms with van der Waals surface area (Å²) in [6.45, 7) is -0.158. The topological polar surface area (TPSA) is 63.2 Å². The fourth-order valence-electron chi connectivity index (χ4n) is 1.28. The van der Waals surface area contributed by atoms with Gasteiger partial charge in [0.1, 0.15) is 16.5 Å². The largest absolute Gasteiger partial charge is 0.313 e. The number of hydrogen-bond acceptors (Lipinski definition) is 4. The van der Waals surface area contributed by atoms with Crippen LogP contribution in [-0.4, -0.2) is 34.0 Å². The third-order valence-corrected chi connectivity index (χ3v) is 3.17. The number of likely N-dealkylation sites (N-methyl/N-ethyl adjacent to an activating group) is 1. The highest BCUT2D eigenvalue weighted by Crippen LogP contribution is 2.19. The van der Waals surface area contributed by atoms with Crippen molar-refractivity contribution in [1.29, 1.82) is 0 Å². The van der Waals surface area contributed by atoms with Crippen molar-refractivity contribution in [3.8, 4) is 0 Å². The van der Waals surface area contributed by atoms with Gasteiger partial charge in [-0.2, -0.15) is 0 Å². The molecule has 0 aliphatic carbocycles. The van der Waals surface area contributed by atoms with E-state index in [1.165, 1.54) is 7.05 Å². The van der Waals surface area contributed by atoms with Gasteiger partial charge in [0.05, 0.1) is 12.1 Å². The average molecular weight is 263 g/mol. The molecule has 0 atom stereocenters. The fourth-order valence-corrected chi connectivity index (χ4v) is 2.01. The summed E-state index contributed by atoms with van der Waals surface area (Å²) in [5.74, 6) is -2.83. The Morgan fingerprint density at radius 2 is 1.88 bits per heavy atom. The highest BCUT2D eigenvalue weighted by molar-refractivity contribution is 7.90. The van der Waals surface area contributed by atoms with E-state index in [-0.39, 0.29) is 6.54 Å². The maximum atomic E-state index is 13.5. The molecule has 1 aromatic carbocycles. The second-order valence-electron chi connectivity index (χ2n) is 3.49. The van der Waals surface area contributed by atoms with Crippen LogP contribution in [0.3, 0.4) is 0 Å². The van der Waals surface area contributed by atoms with Gasteiger partial charge in [0, 0.05) is 6.26 Å². The summed E-state index contributed by atoms with van der Waals surface area (Å²) in [7, 11) is -2.37. The molecule has 0 fully saturated rings. The van der Waals surface area contributed by atoms with Crippen molar-refractivity contribution >= 4 is 15.6 Å². The SMILES string of the molecule is CNCC(=O)c1cc(F)c(S(C)(=O)=O)cc1F. The minimum Gasteiger partial charge on any atom is -0.313 e. The molecule has 94 valence electrons. The van der Waals surface area contributed by atoms with Gasteiger partial charge in [-0.1, -0.05) is 0 Å². The van der Waals surface area contributed by atoms with E-state index in [0.29, 0.717) is 12.1 Å². The van der Waals surface area contributed by atoms with E-state index in [1.807, 2.05) is 0 Å². The van der Waals surface area contributed by atoms with Crippen molar-refractivity contribution < 1.29 is 22.0 Å². The highest BCUT2D eigenvalue weighted by Gasteiger charge is 2.20. The molecule has 7 heteroatoms. The van der Waals surface area contributed by atoms with E-state index in [0.717, 1.165) is 6.26 Å². The standard InChI is InChI=1S/C10H11F2NO3S/c1-13-5-9(14)6-3-8(12)10(4-7(6)11)17(2,15)16/h3-4,13H,5H2,1-2H3. The first kappa shape index (κ1) is 13.7. The van der Waals surface area contributed by atoms with Crippen LogP contribution in [0, 0.1) is 11.6 Å². The van der Waals surface area contributed by atoms with E-state index in [1.54, 1.807) is 0 Å². The molecule has 0 spiro atoms.